The van der Waals surface area contributed by atoms with Crippen LogP contribution < -0.4 is 20.1 Å². The molecule has 3 aromatic rings. The molecule has 0 saturated carbocycles. The van der Waals surface area contributed by atoms with E-state index in [0.29, 0.717) is 5.69 Å². The molecule has 3 rings (SSSR count). The van der Waals surface area contributed by atoms with E-state index in [4.69, 9.17) is 21.1 Å². The van der Waals surface area contributed by atoms with Crippen LogP contribution in [0.1, 0.15) is 20.7 Å². The van der Waals surface area contributed by atoms with E-state index in [1.165, 1.54) is 74.9 Å². The van der Waals surface area contributed by atoms with Gasteiger partial charge in [0.25, 0.3) is 11.8 Å². The van der Waals surface area contributed by atoms with Gasteiger partial charge in [-0.3, -0.25) is 9.59 Å². The second kappa shape index (κ2) is 11.2. The van der Waals surface area contributed by atoms with Crippen molar-refractivity contribution in [2.75, 3.05) is 31.5 Å². The highest BCUT2D eigenvalue weighted by Gasteiger charge is 2.15. The number of methoxy groups -OCH3 is 2. The number of ether oxygens (including phenoxy) is 3. The van der Waals surface area contributed by atoms with Gasteiger partial charge in [0, 0.05) is 11.3 Å². The van der Waals surface area contributed by atoms with Crippen LogP contribution in [0.15, 0.2) is 60.7 Å². The third-order valence-corrected chi connectivity index (χ3v) is 4.88. The first-order chi connectivity index (χ1) is 16.3. The lowest BCUT2D eigenvalue weighted by atomic mass is 10.1. The van der Waals surface area contributed by atoms with Crippen molar-refractivity contribution < 1.29 is 33.0 Å². The summed E-state index contributed by atoms with van der Waals surface area (Å²) in [6, 6.07) is 14.0. The number of anilines is 2. The van der Waals surface area contributed by atoms with Crippen molar-refractivity contribution in [1.29, 1.82) is 0 Å². The minimum atomic E-state index is -0.571. The Kier molecular flexibility index (Phi) is 8.05. The van der Waals surface area contributed by atoms with E-state index < -0.39 is 23.6 Å². The van der Waals surface area contributed by atoms with Crippen LogP contribution in [0.4, 0.5) is 15.8 Å². The van der Waals surface area contributed by atoms with Crippen LogP contribution in [0.5, 0.6) is 11.5 Å². The molecule has 8 nitrogen and oxygen atoms in total. The van der Waals surface area contributed by atoms with Crippen LogP contribution in [0, 0.1) is 5.82 Å². The smallest absolute Gasteiger partial charge is 0.337 e. The Morgan fingerprint density at radius 3 is 2.26 bits per heavy atom. The maximum atomic E-state index is 13.0. The summed E-state index contributed by atoms with van der Waals surface area (Å²) in [5, 5.41) is 5.44. The molecule has 0 aliphatic carbocycles. The molecule has 0 aliphatic rings. The Morgan fingerprint density at radius 2 is 1.59 bits per heavy atom. The van der Waals surface area contributed by atoms with E-state index in [1.54, 1.807) is 0 Å². The minimum Gasteiger partial charge on any atom is -0.493 e. The van der Waals surface area contributed by atoms with Gasteiger partial charge in [0.2, 0.25) is 0 Å². The summed E-state index contributed by atoms with van der Waals surface area (Å²) >= 11 is 6.13. The SMILES string of the molecule is COC(=O)c1ccc(Cl)c(NC(=O)c2ccc(OCC(=O)Nc3ccc(F)cc3)c(OC)c2)c1. The molecule has 0 aliphatic heterocycles. The Morgan fingerprint density at radius 1 is 0.882 bits per heavy atom. The molecule has 0 bridgehead atoms. The van der Waals surface area contributed by atoms with E-state index in [9.17, 15) is 18.8 Å². The fourth-order valence-corrected chi connectivity index (χ4v) is 3.03. The predicted molar refractivity (Wildman–Crippen MR) is 124 cm³/mol. The van der Waals surface area contributed by atoms with Gasteiger partial charge in [-0.25, -0.2) is 9.18 Å². The Hall–Kier alpha value is -4.11. The highest BCUT2D eigenvalue weighted by atomic mass is 35.5. The highest BCUT2D eigenvalue weighted by Crippen LogP contribution is 2.29. The molecule has 3 aromatic carbocycles. The fraction of sp³-hybridized carbons (Fsp3) is 0.125. The molecular weight excluding hydrogens is 467 g/mol. The molecule has 0 atom stereocenters. The molecule has 0 heterocycles. The number of rotatable bonds is 8. The largest absolute Gasteiger partial charge is 0.493 e. The van der Waals surface area contributed by atoms with Crippen molar-refractivity contribution in [3.63, 3.8) is 0 Å². The molecule has 0 radical (unpaired) electrons. The summed E-state index contributed by atoms with van der Waals surface area (Å²) in [6.45, 7) is -0.338. The maximum Gasteiger partial charge on any atom is 0.337 e. The molecular formula is C24H20ClFN2O6. The van der Waals surface area contributed by atoms with E-state index >= 15 is 0 Å². The van der Waals surface area contributed by atoms with Gasteiger partial charge < -0.3 is 24.8 Å². The third-order valence-electron chi connectivity index (χ3n) is 4.55. The van der Waals surface area contributed by atoms with Gasteiger partial charge in [0.05, 0.1) is 30.5 Å². The standard InChI is InChI=1S/C24H20ClFN2O6/c1-32-21-12-14(23(30)28-19-11-15(24(31)33-2)3-9-18(19)25)4-10-20(21)34-13-22(29)27-17-7-5-16(26)6-8-17/h3-12H,13H2,1-2H3,(H,27,29)(H,28,30). The van der Waals surface area contributed by atoms with Crippen molar-refractivity contribution in [2.24, 2.45) is 0 Å². The van der Waals surface area contributed by atoms with E-state index in [0.717, 1.165) is 0 Å². The summed E-state index contributed by atoms with van der Waals surface area (Å²) in [5.41, 5.74) is 1.09. The van der Waals surface area contributed by atoms with Crippen LogP contribution >= 0.6 is 11.6 Å². The normalized spacial score (nSPS) is 10.2. The number of halogens is 2. The summed E-state index contributed by atoms with van der Waals surface area (Å²) in [4.78, 5) is 36.5. The molecule has 0 spiro atoms. The lowest BCUT2D eigenvalue weighted by Crippen LogP contribution is -2.20. The molecule has 10 heteroatoms. The highest BCUT2D eigenvalue weighted by molar-refractivity contribution is 6.34. The van der Waals surface area contributed by atoms with Crippen LogP contribution in [0.2, 0.25) is 5.02 Å². The van der Waals surface area contributed by atoms with E-state index in [2.05, 4.69) is 15.4 Å². The Bertz CT molecular complexity index is 1220. The summed E-state index contributed by atoms with van der Waals surface area (Å²) in [7, 11) is 2.64. The first kappa shape index (κ1) is 24.5. The zero-order valence-corrected chi connectivity index (χ0v) is 18.9. The van der Waals surface area contributed by atoms with Crippen LogP contribution in [0.3, 0.4) is 0 Å². The van der Waals surface area contributed by atoms with Crippen LogP contribution in [0.25, 0.3) is 0 Å². The molecule has 176 valence electrons. The first-order valence-electron chi connectivity index (χ1n) is 9.86. The number of carbonyl (C=O) groups excluding carboxylic acids is 3. The first-order valence-corrected chi connectivity index (χ1v) is 10.2. The summed E-state index contributed by atoms with van der Waals surface area (Å²) in [5.74, 6) is -1.51. The van der Waals surface area contributed by atoms with Gasteiger partial charge in [-0.1, -0.05) is 11.6 Å². The number of hydrogen-bond donors (Lipinski definition) is 2. The molecule has 2 amide bonds. The quantitative estimate of drug-likeness (QED) is 0.453. The number of amides is 2. The number of hydrogen-bond acceptors (Lipinski definition) is 6. The minimum absolute atomic E-state index is 0.219. The lowest BCUT2D eigenvalue weighted by molar-refractivity contribution is -0.118. The average Bonchev–Trinajstić information content (AvgIpc) is 2.84. The van der Waals surface area contributed by atoms with Crippen molar-refractivity contribution in [1.82, 2.24) is 0 Å². The zero-order valence-electron chi connectivity index (χ0n) is 18.2. The van der Waals surface area contributed by atoms with E-state index in [-0.39, 0.29) is 39.9 Å². The Balaban J connectivity index is 1.67. The van der Waals surface area contributed by atoms with Gasteiger partial charge in [-0.05, 0) is 60.7 Å². The molecule has 0 unspecified atom stereocenters. The van der Waals surface area contributed by atoms with Gasteiger partial charge >= 0.3 is 5.97 Å². The van der Waals surface area contributed by atoms with E-state index in [1.807, 2.05) is 0 Å². The van der Waals surface area contributed by atoms with Gasteiger partial charge in [-0.15, -0.1) is 0 Å². The number of esters is 1. The molecule has 34 heavy (non-hydrogen) atoms. The van der Waals surface area contributed by atoms with Crippen molar-refractivity contribution >= 4 is 40.8 Å². The average molecular weight is 487 g/mol. The van der Waals surface area contributed by atoms with Gasteiger partial charge in [0.1, 0.15) is 5.82 Å². The zero-order chi connectivity index (χ0) is 24.7. The predicted octanol–water partition coefficient (Wildman–Crippen LogP) is 4.54. The van der Waals surface area contributed by atoms with Crippen molar-refractivity contribution in [2.45, 2.75) is 0 Å². The maximum absolute atomic E-state index is 13.0. The van der Waals surface area contributed by atoms with Crippen molar-refractivity contribution in [3.05, 3.63) is 82.6 Å². The molecule has 2 N–H and O–H groups in total. The Labute approximate surface area is 199 Å². The van der Waals surface area contributed by atoms with Crippen LogP contribution in [-0.4, -0.2) is 38.6 Å². The van der Waals surface area contributed by atoms with Gasteiger partial charge in [-0.2, -0.15) is 0 Å². The number of carbonyl (C=O) groups is 3. The van der Waals surface area contributed by atoms with Crippen LogP contribution in [-0.2, 0) is 9.53 Å². The van der Waals surface area contributed by atoms with Gasteiger partial charge in [0.15, 0.2) is 18.1 Å². The molecule has 0 aromatic heterocycles. The molecule has 0 fully saturated rings. The fourth-order valence-electron chi connectivity index (χ4n) is 2.86. The summed E-state index contributed by atoms with van der Waals surface area (Å²) in [6.07, 6.45) is 0. The third kappa shape index (κ3) is 6.23. The second-order valence-electron chi connectivity index (χ2n) is 6.85. The summed E-state index contributed by atoms with van der Waals surface area (Å²) < 4.78 is 28.4. The second-order valence-corrected chi connectivity index (χ2v) is 7.26. The number of nitrogens with one attached hydrogen (secondary N) is 2. The van der Waals surface area contributed by atoms with Crippen molar-refractivity contribution in [3.8, 4) is 11.5 Å². The topological polar surface area (TPSA) is 103 Å². The number of benzene rings is 3. The monoisotopic (exact) mass is 486 g/mol. The lowest BCUT2D eigenvalue weighted by Gasteiger charge is -2.13. The molecule has 0 saturated heterocycles.